The number of para-hydroxylation sites is 1. The molecule has 0 saturated heterocycles. The molecule has 3 nitrogen and oxygen atoms in total. The summed E-state index contributed by atoms with van der Waals surface area (Å²) >= 11 is 0. The molecule has 17 heavy (non-hydrogen) atoms. The Balaban J connectivity index is 1.97. The molecule has 0 aliphatic heterocycles. The lowest BCUT2D eigenvalue weighted by Gasteiger charge is -2.11. The first-order valence-corrected chi connectivity index (χ1v) is 6.20. The average Bonchev–Trinajstić information content (AvgIpc) is 2.82. The van der Waals surface area contributed by atoms with Crippen LogP contribution in [0.4, 0.5) is 5.69 Å². The van der Waals surface area contributed by atoms with Gasteiger partial charge in [0, 0.05) is 5.69 Å². The number of nitrogen functional groups attached to an aromatic ring is 1. The second-order valence-electron chi connectivity index (χ2n) is 4.79. The highest BCUT2D eigenvalue weighted by atomic mass is 16.5. The van der Waals surface area contributed by atoms with E-state index in [2.05, 4.69) is 0 Å². The van der Waals surface area contributed by atoms with Crippen molar-refractivity contribution in [3.05, 3.63) is 29.3 Å². The summed E-state index contributed by atoms with van der Waals surface area (Å²) in [5, 5.41) is 0. The summed E-state index contributed by atoms with van der Waals surface area (Å²) in [6.45, 7) is 2.43. The minimum Gasteiger partial charge on any atom is -0.462 e. The molecular weight excluding hydrogens is 214 g/mol. The molecule has 0 heterocycles. The molecule has 1 aliphatic rings. The maximum Gasteiger partial charge on any atom is 0.340 e. The van der Waals surface area contributed by atoms with Gasteiger partial charge < -0.3 is 10.5 Å². The quantitative estimate of drug-likeness (QED) is 0.645. The van der Waals surface area contributed by atoms with Gasteiger partial charge in [-0.05, 0) is 37.3 Å². The van der Waals surface area contributed by atoms with Crippen molar-refractivity contribution in [1.82, 2.24) is 0 Å². The van der Waals surface area contributed by atoms with E-state index in [1.807, 2.05) is 19.1 Å². The Kier molecular flexibility index (Phi) is 3.67. The molecule has 0 aromatic heterocycles. The zero-order valence-electron chi connectivity index (χ0n) is 10.2. The number of hydrogen-bond acceptors (Lipinski definition) is 3. The SMILES string of the molecule is Cc1cccc(C(=O)OCC2CCCC2)c1N. The van der Waals surface area contributed by atoms with E-state index in [1.54, 1.807) is 6.07 Å². The average molecular weight is 233 g/mol. The van der Waals surface area contributed by atoms with Gasteiger partial charge in [0.1, 0.15) is 0 Å². The zero-order valence-corrected chi connectivity index (χ0v) is 10.2. The number of aryl methyl sites for hydroxylation is 1. The largest absolute Gasteiger partial charge is 0.462 e. The first kappa shape index (κ1) is 12.0. The van der Waals surface area contributed by atoms with E-state index in [0.717, 1.165) is 5.56 Å². The number of benzene rings is 1. The number of esters is 1. The molecule has 92 valence electrons. The number of carbonyl (C=O) groups excluding carboxylic acids is 1. The normalized spacial score (nSPS) is 16.1. The highest BCUT2D eigenvalue weighted by Gasteiger charge is 2.18. The predicted octanol–water partition coefficient (Wildman–Crippen LogP) is 2.92. The van der Waals surface area contributed by atoms with Gasteiger partial charge in [-0.15, -0.1) is 0 Å². The summed E-state index contributed by atoms with van der Waals surface area (Å²) < 4.78 is 5.33. The highest BCUT2D eigenvalue weighted by molar-refractivity contribution is 5.95. The monoisotopic (exact) mass is 233 g/mol. The number of nitrogens with two attached hydrogens (primary N) is 1. The van der Waals surface area contributed by atoms with Gasteiger partial charge in [0.15, 0.2) is 0 Å². The van der Waals surface area contributed by atoms with Crippen LogP contribution >= 0.6 is 0 Å². The van der Waals surface area contributed by atoms with Crippen LogP contribution in [0.25, 0.3) is 0 Å². The van der Waals surface area contributed by atoms with Gasteiger partial charge in [-0.2, -0.15) is 0 Å². The van der Waals surface area contributed by atoms with Crippen LogP contribution in [0.5, 0.6) is 0 Å². The molecular formula is C14H19NO2. The molecule has 1 fully saturated rings. The van der Waals surface area contributed by atoms with Gasteiger partial charge in [0.2, 0.25) is 0 Å². The second-order valence-corrected chi connectivity index (χ2v) is 4.79. The van der Waals surface area contributed by atoms with Gasteiger partial charge in [-0.25, -0.2) is 4.79 Å². The molecule has 1 aromatic rings. The van der Waals surface area contributed by atoms with E-state index in [1.165, 1.54) is 25.7 Å². The highest BCUT2D eigenvalue weighted by Crippen LogP contribution is 2.25. The third-order valence-electron chi connectivity index (χ3n) is 3.47. The molecule has 0 spiro atoms. The maximum atomic E-state index is 11.9. The molecule has 2 N–H and O–H groups in total. The van der Waals surface area contributed by atoms with Gasteiger partial charge in [-0.1, -0.05) is 25.0 Å². The molecule has 1 aromatic carbocycles. The van der Waals surface area contributed by atoms with Crippen LogP contribution in [-0.4, -0.2) is 12.6 Å². The van der Waals surface area contributed by atoms with Crippen LogP contribution in [0.1, 0.15) is 41.6 Å². The fourth-order valence-electron chi connectivity index (χ4n) is 2.31. The molecule has 0 bridgehead atoms. The van der Waals surface area contributed by atoms with Crippen molar-refractivity contribution in [3.63, 3.8) is 0 Å². The first-order chi connectivity index (χ1) is 8.18. The van der Waals surface area contributed by atoms with Crippen molar-refractivity contribution < 1.29 is 9.53 Å². The number of ether oxygens (including phenoxy) is 1. The van der Waals surface area contributed by atoms with Crippen LogP contribution in [0.15, 0.2) is 18.2 Å². The Morgan fingerprint density at radius 3 is 2.82 bits per heavy atom. The number of rotatable bonds is 3. The van der Waals surface area contributed by atoms with Crippen LogP contribution in [-0.2, 0) is 4.74 Å². The van der Waals surface area contributed by atoms with Crippen molar-refractivity contribution in [2.24, 2.45) is 5.92 Å². The zero-order chi connectivity index (χ0) is 12.3. The number of carbonyl (C=O) groups is 1. The minimum absolute atomic E-state index is 0.293. The fraction of sp³-hybridized carbons (Fsp3) is 0.500. The van der Waals surface area contributed by atoms with Crippen LogP contribution < -0.4 is 5.73 Å². The number of anilines is 1. The van der Waals surface area contributed by atoms with Gasteiger partial charge in [0.05, 0.1) is 12.2 Å². The van der Waals surface area contributed by atoms with Gasteiger partial charge in [0.25, 0.3) is 0 Å². The minimum atomic E-state index is -0.293. The van der Waals surface area contributed by atoms with Crippen molar-refractivity contribution in [2.45, 2.75) is 32.6 Å². The first-order valence-electron chi connectivity index (χ1n) is 6.20. The van der Waals surface area contributed by atoms with Crippen LogP contribution in [0.3, 0.4) is 0 Å². The third kappa shape index (κ3) is 2.78. The standard InChI is InChI=1S/C14H19NO2/c1-10-5-4-8-12(13(10)15)14(16)17-9-11-6-2-3-7-11/h4-5,8,11H,2-3,6-7,9,15H2,1H3. The maximum absolute atomic E-state index is 11.9. The van der Waals surface area contributed by atoms with Gasteiger partial charge >= 0.3 is 5.97 Å². The Labute approximate surface area is 102 Å². The van der Waals surface area contributed by atoms with E-state index >= 15 is 0 Å². The summed E-state index contributed by atoms with van der Waals surface area (Å²) in [6.07, 6.45) is 4.87. The molecule has 1 aliphatic carbocycles. The molecule has 0 atom stereocenters. The topological polar surface area (TPSA) is 52.3 Å². The van der Waals surface area contributed by atoms with E-state index in [4.69, 9.17) is 10.5 Å². The number of hydrogen-bond donors (Lipinski definition) is 1. The Hall–Kier alpha value is -1.51. The third-order valence-corrected chi connectivity index (χ3v) is 3.47. The lowest BCUT2D eigenvalue weighted by Crippen LogP contribution is -2.14. The molecule has 0 radical (unpaired) electrons. The molecule has 1 saturated carbocycles. The Bertz CT molecular complexity index is 409. The molecule has 0 unspecified atom stereocenters. The van der Waals surface area contributed by atoms with Gasteiger partial charge in [-0.3, -0.25) is 0 Å². The summed E-state index contributed by atoms with van der Waals surface area (Å²) in [6, 6.07) is 5.44. The van der Waals surface area contributed by atoms with Crippen molar-refractivity contribution in [3.8, 4) is 0 Å². The summed E-state index contributed by atoms with van der Waals surface area (Å²) in [5.74, 6) is 0.253. The summed E-state index contributed by atoms with van der Waals surface area (Å²) in [5.41, 5.74) is 7.80. The Morgan fingerprint density at radius 2 is 2.12 bits per heavy atom. The smallest absolute Gasteiger partial charge is 0.340 e. The van der Waals surface area contributed by atoms with Crippen LogP contribution in [0, 0.1) is 12.8 Å². The van der Waals surface area contributed by atoms with Crippen molar-refractivity contribution >= 4 is 11.7 Å². The van der Waals surface area contributed by atoms with Crippen molar-refractivity contribution in [1.29, 1.82) is 0 Å². The lowest BCUT2D eigenvalue weighted by atomic mass is 10.1. The second kappa shape index (κ2) is 5.21. The molecule has 3 heteroatoms. The van der Waals surface area contributed by atoms with Crippen LogP contribution in [0.2, 0.25) is 0 Å². The molecule has 0 amide bonds. The van der Waals surface area contributed by atoms with E-state index in [0.29, 0.717) is 23.8 Å². The summed E-state index contributed by atoms with van der Waals surface area (Å²) in [7, 11) is 0. The van der Waals surface area contributed by atoms with E-state index < -0.39 is 0 Å². The fourth-order valence-corrected chi connectivity index (χ4v) is 2.31. The van der Waals surface area contributed by atoms with Crippen molar-refractivity contribution in [2.75, 3.05) is 12.3 Å². The lowest BCUT2D eigenvalue weighted by molar-refractivity contribution is 0.0444. The summed E-state index contributed by atoms with van der Waals surface area (Å²) in [4.78, 5) is 11.9. The van der Waals surface area contributed by atoms with E-state index in [9.17, 15) is 4.79 Å². The molecule has 2 rings (SSSR count). The predicted molar refractivity (Wildman–Crippen MR) is 67.8 cm³/mol. The van der Waals surface area contributed by atoms with E-state index in [-0.39, 0.29) is 5.97 Å². The Morgan fingerprint density at radius 1 is 1.41 bits per heavy atom.